The number of carbonyl (C=O) groups is 6. The Balaban J connectivity index is 1.59. The molecule has 0 saturated heterocycles. The van der Waals surface area contributed by atoms with Crippen LogP contribution in [0.2, 0.25) is 0 Å². The van der Waals surface area contributed by atoms with Crippen LogP contribution in [-0.4, -0.2) is 101 Å². The third-order valence-corrected chi connectivity index (χ3v) is 9.06. The number of carboxylic acid groups (broad SMARTS) is 1. The summed E-state index contributed by atoms with van der Waals surface area (Å²) in [5.74, 6) is -5.53. The van der Waals surface area contributed by atoms with Gasteiger partial charge in [0.25, 0.3) is 0 Å². The molecule has 62 heavy (non-hydrogen) atoms. The van der Waals surface area contributed by atoms with E-state index in [1.807, 2.05) is 6.07 Å². The number of para-hydroxylation sites is 1. The largest absolute Gasteiger partial charge is 0.480 e. The molecular weight excluding hydrogens is 804 g/mol. The fourth-order valence-corrected chi connectivity index (χ4v) is 5.91. The molecule has 336 valence electrons. The maximum absolute atomic E-state index is 14.3. The smallest absolute Gasteiger partial charge is 0.326 e. The number of esters is 1. The quantitative estimate of drug-likeness (QED) is 0.0333. The molecule has 9 N–H and O–H groups in total. The maximum Gasteiger partial charge on any atom is 0.326 e. The topological polar surface area (TPSA) is 257 Å². The molecule has 4 atom stereocenters. The number of carboxylic acids is 1. The SMILES string of the molecule is CC(C)[C@H](NC(=O)[C@@H](Cc1ccccc1)NC(=O)[C@H](CC(=O)OC(C)(C)C)NC(=O)CN(C)C(=O)[C@@H](N)CCCNC(N)=NCc1ccc(F)c(Oc2ccccc2)c1)C(=O)O. The maximum atomic E-state index is 14.3. The summed E-state index contributed by atoms with van der Waals surface area (Å²) in [6, 6.07) is 16.7. The van der Waals surface area contributed by atoms with E-state index in [0.29, 0.717) is 29.8 Å². The number of nitrogens with one attached hydrogen (secondary N) is 4. The molecule has 0 saturated carbocycles. The zero-order valence-corrected chi connectivity index (χ0v) is 36.0. The van der Waals surface area contributed by atoms with Gasteiger partial charge in [0.1, 0.15) is 29.5 Å². The number of carbonyl (C=O) groups excluding carboxylic acids is 5. The lowest BCUT2D eigenvalue weighted by Gasteiger charge is -2.27. The summed E-state index contributed by atoms with van der Waals surface area (Å²) in [5, 5.41) is 20.1. The summed E-state index contributed by atoms with van der Waals surface area (Å²) >= 11 is 0. The number of aliphatic carboxylic acids is 1. The van der Waals surface area contributed by atoms with Crippen molar-refractivity contribution in [3.63, 3.8) is 0 Å². The molecule has 0 fully saturated rings. The second-order valence-electron chi connectivity index (χ2n) is 16.0. The van der Waals surface area contributed by atoms with Crippen molar-refractivity contribution in [2.24, 2.45) is 22.4 Å². The highest BCUT2D eigenvalue weighted by molar-refractivity contribution is 5.96. The zero-order valence-electron chi connectivity index (χ0n) is 36.0. The number of nitrogens with zero attached hydrogens (tertiary/aromatic N) is 2. The third-order valence-electron chi connectivity index (χ3n) is 9.06. The van der Waals surface area contributed by atoms with E-state index in [9.17, 15) is 38.3 Å². The molecule has 3 rings (SSSR count). The number of likely N-dealkylation sites (N-methyl/N-ethyl adjacent to an activating group) is 1. The minimum absolute atomic E-state index is 0.0395. The summed E-state index contributed by atoms with van der Waals surface area (Å²) in [5.41, 5.74) is 12.6. The van der Waals surface area contributed by atoms with Gasteiger partial charge < -0.3 is 52.2 Å². The molecule has 3 aromatic carbocycles. The molecule has 0 bridgehead atoms. The van der Waals surface area contributed by atoms with Crippen LogP contribution in [0.3, 0.4) is 0 Å². The highest BCUT2D eigenvalue weighted by Crippen LogP contribution is 2.25. The van der Waals surface area contributed by atoms with Gasteiger partial charge in [0, 0.05) is 20.0 Å². The lowest BCUT2D eigenvalue weighted by atomic mass is 10.0. The first-order valence-electron chi connectivity index (χ1n) is 20.2. The van der Waals surface area contributed by atoms with Crippen molar-refractivity contribution in [3.05, 3.63) is 95.8 Å². The lowest BCUT2D eigenvalue weighted by molar-refractivity contribution is -0.156. The molecule has 3 aromatic rings. The molecule has 0 radical (unpaired) electrons. The van der Waals surface area contributed by atoms with Crippen LogP contribution in [0.4, 0.5) is 4.39 Å². The van der Waals surface area contributed by atoms with Crippen LogP contribution in [0.25, 0.3) is 0 Å². The van der Waals surface area contributed by atoms with Gasteiger partial charge in [-0.3, -0.25) is 24.0 Å². The zero-order chi connectivity index (χ0) is 46.0. The number of ether oxygens (including phenoxy) is 2. The first kappa shape index (κ1) is 49.8. The van der Waals surface area contributed by atoms with Crippen LogP contribution in [-0.2, 0) is 46.5 Å². The molecule has 0 aliphatic rings. The van der Waals surface area contributed by atoms with Crippen LogP contribution in [0.15, 0.2) is 83.9 Å². The van der Waals surface area contributed by atoms with E-state index in [1.54, 1.807) is 95.3 Å². The van der Waals surface area contributed by atoms with E-state index < -0.39 is 90.0 Å². The Kier molecular flexibility index (Phi) is 19.3. The molecule has 0 heterocycles. The van der Waals surface area contributed by atoms with Crippen LogP contribution in [0.5, 0.6) is 11.5 Å². The number of hydrogen-bond acceptors (Lipinski definition) is 10. The van der Waals surface area contributed by atoms with Crippen molar-refractivity contribution in [2.45, 2.75) is 96.6 Å². The van der Waals surface area contributed by atoms with Crippen LogP contribution in [0, 0.1) is 11.7 Å². The average Bonchev–Trinajstić information content (AvgIpc) is 3.20. The van der Waals surface area contributed by atoms with Crippen LogP contribution in [0.1, 0.15) is 65.0 Å². The van der Waals surface area contributed by atoms with Gasteiger partial charge in [-0.25, -0.2) is 14.2 Å². The minimum atomic E-state index is -1.55. The van der Waals surface area contributed by atoms with Gasteiger partial charge in [0.15, 0.2) is 17.5 Å². The standard InChI is InChI=1S/C44H59FN8O9/c1-27(2)38(42(59)60)52-40(57)33(22-28-14-9-7-10-15-28)51-39(56)34(24-37(55)62-44(3,4)5)50-36(54)26-53(6)41(58)32(46)18-13-21-48-43(47)49-25-29-19-20-31(45)35(23-29)61-30-16-11-8-12-17-30/h7-12,14-17,19-20,23,27,32-34,38H,13,18,21-22,24-26,46H2,1-6H3,(H,50,54)(H,51,56)(H,52,57)(H,59,60)(H3,47,48,49)/t32-,33+,34-,38-/m0/s1. The molecule has 0 aromatic heterocycles. The highest BCUT2D eigenvalue weighted by Gasteiger charge is 2.33. The van der Waals surface area contributed by atoms with E-state index in [2.05, 4.69) is 26.3 Å². The predicted octanol–water partition coefficient (Wildman–Crippen LogP) is 2.76. The van der Waals surface area contributed by atoms with Gasteiger partial charge in [0.05, 0.1) is 25.6 Å². The van der Waals surface area contributed by atoms with E-state index in [1.165, 1.54) is 19.2 Å². The molecule has 0 aliphatic carbocycles. The Hall–Kier alpha value is -6.56. The second kappa shape index (κ2) is 24.0. The number of aliphatic imine (C=N–C) groups is 1. The van der Waals surface area contributed by atoms with Gasteiger partial charge in [-0.2, -0.15) is 0 Å². The van der Waals surface area contributed by atoms with Crippen molar-refractivity contribution in [1.29, 1.82) is 0 Å². The monoisotopic (exact) mass is 862 g/mol. The molecule has 4 amide bonds. The summed E-state index contributed by atoms with van der Waals surface area (Å²) in [7, 11) is 1.35. The Bertz CT molecular complexity index is 2010. The Labute approximate surface area is 361 Å². The first-order valence-corrected chi connectivity index (χ1v) is 20.2. The predicted molar refractivity (Wildman–Crippen MR) is 230 cm³/mol. The van der Waals surface area contributed by atoms with Gasteiger partial charge >= 0.3 is 11.9 Å². The molecular formula is C44H59FN8O9. The number of benzene rings is 3. The normalized spacial score (nSPS) is 13.5. The molecule has 0 unspecified atom stereocenters. The van der Waals surface area contributed by atoms with Crippen LogP contribution < -0.4 is 37.5 Å². The van der Waals surface area contributed by atoms with Crippen LogP contribution >= 0.6 is 0 Å². The van der Waals surface area contributed by atoms with Crippen molar-refractivity contribution < 1.29 is 47.7 Å². The van der Waals surface area contributed by atoms with Gasteiger partial charge in [-0.05, 0) is 74.9 Å². The van der Waals surface area contributed by atoms with Crippen molar-refractivity contribution in [2.75, 3.05) is 20.1 Å². The molecule has 0 spiro atoms. The van der Waals surface area contributed by atoms with Crippen molar-refractivity contribution >= 4 is 41.5 Å². The van der Waals surface area contributed by atoms with E-state index >= 15 is 0 Å². The second-order valence-corrected chi connectivity index (χ2v) is 16.0. The number of halogens is 1. The van der Waals surface area contributed by atoms with Crippen molar-refractivity contribution in [1.82, 2.24) is 26.2 Å². The van der Waals surface area contributed by atoms with Crippen molar-refractivity contribution in [3.8, 4) is 11.5 Å². The lowest BCUT2D eigenvalue weighted by Crippen LogP contribution is -2.58. The number of hydrogen-bond donors (Lipinski definition) is 7. The fraction of sp³-hybridized carbons (Fsp3) is 0.432. The summed E-state index contributed by atoms with van der Waals surface area (Å²) in [4.78, 5) is 83.8. The molecule has 17 nitrogen and oxygen atoms in total. The fourth-order valence-electron chi connectivity index (χ4n) is 5.91. The number of guanidine groups is 1. The summed E-state index contributed by atoms with van der Waals surface area (Å²) in [6.07, 6.45) is -0.0586. The van der Waals surface area contributed by atoms with Gasteiger partial charge in [0.2, 0.25) is 23.6 Å². The number of amides is 4. The molecule has 18 heteroatoms. The summed E-state index contributed by atoms with van der Waals surface area (Å²) in [6.45, 7) is 8.04. The Morgan fingerprint density at radius 1 is 0.871 bits per heavy atom. The van der Waals surface area contributed by atoms with E-state index in [-0.39, 0.29) is 31.1 Å². The number of rotatable bonds is 22. The Morgan fingerprint density at radius 3 is 2.11 bits per heavy atom. The Morgan fingerprint density at radius 2 is 1.50 bits per heavy atom. The average molecular weight is 863 g/mol. The molecule has 0 aliphatic heterocycles. The summed E-state index contributed by atoms with van der Waals surface area (Å²) < 4.78 is 25.4. The van der Waals surface area contributed by atoms with E-state index in [4.69, 9.17) is 20.9 Å². The minimum Gasteiger partial charge on any atom is -0.480 e. The van der Waals surface area contributed by atoms with E-state index in [0.717, 1.165) is 4.90 Å². The first-order chi connectivity index (χ1) is 29.2. The highest BCUT2D eigenvalue weighted by atomic mass is 19.1. The van der Waals surface area contributed by atoms with Gasteiger partial charge in [-0.15, -0.1) is 0 Å². The number of nitrogens with two attached hydrogens (primary N) is 2. The van der Waals surface area contributed by atoms with Gasteiger partial charge in [-0.1, -0.05) is 68.4 Å². The third kappa shape index (κ3) is 17.6.